The normalized spacial score (nSPS) is 11.8. The van der Waals surface area contributed by atoms with Gasteiger partial charge >= 0.3 is 5.97 Å². The number of hydrogen-bond donors (Lipinski definition) is 1. The maximum absolute atomic E-state index is 11.7. The fraction of sp³-hybridized carbons (Fsp3) is 0.0952. The molecule has 2 aromatic carbocycles. The molecule has 8 heteroatoms. The summed E-state index contributed by atoms with van der Waals surface area (Å²) in [6.07, 6.45) is 6.24. The average molecular weight is 428 g/mol. The molecule has 2 aromatic heterocycles. The number of aliphatic carboxylic acids is 1. The van der Waals surface area contributed by atoms with Crippen LogP contribution in [-0.4, -0.2) is 30.3 Å². The number of carboxylic acid groups (broad SMARTS) is 1. The molecule has 29 heavy (non-hydrogen) atoms. The third-order valence-corrected chi connectivity index (χ3v) is 6.65. The lowest BCUT2D eigenvalue weighted by Gasteiger charge is -2.06. The van der Waals surface area contributed by atoms with Crippen molar-refractivity contribution < 1.29 is 22.7 Å². The maximum atomic E-state index is 11.7. The molecule has 4 rings (SSSR count). The van der Waals surface area contributed by atoms with Crippen LogP contribution in [0.25, 0.3) is 22.0 Å². The number of sulfone groups is 1. The van der Waals surface area contributed by atoms with E-state index < -0.39 is 15.8 Å². The van der Waals surface area contributed by atoms with Crippen LogP contribution in [0.4, 0.5) is 0 Å². The average Bonchev–Trinajstić information content (AvgIpc) is 3.30. The minimum Gasteiger partial charge on any atom is -0.480 e. The van der Waals surface area contributed by atoms with Crippen LogP contribution in [0, 0.1) is 0 Å². The summed E-state index contributed by atoms with van der Waals surface area (Å²) in [5, 5.41) is 10.2. The van der Waals surface area contributed by atoms with E-state index in [9.17, 15) is 18.3 Å². The molecule has 0 aliphatic heterocycles. The molecule has 148 valence electrons. The number of hydrogen-bond acceptors (Lipinski definition) is 5. The summed E-state index contributed by atoms with van der Waals surface area (Å²) in [5.74, 6) is -0.926. The van der Waals surface area contributed by atoms with Gasteiger partial charge in [-0.05, 0) is 42.0 Å². The molecule has 2 heterocycles. The quantitative estimate of drug-likeness (QED) is 0.486. The van der Waals surface area contributed by atoms with Crippen LogP contribution in [-0.2, 0) is 21.2 Å². The van der Waals surface area contributed by atoms with Gasteiger partial charge in [0.1, 0.15) is 6.54 Å². The molecule has 0 spiro atoms. The molecular formula is C21H17NO5S2. The Bertz CT molecular complexity index is 1290. The maximum Gasteiger partial charge on any atom is 0.323 e. The number of rotatable bonds is 6. The zero-order valence-electron chi connectivity index (χ0n) is 15.4. The molecule has 0 unspecified atom stereocenters. The number of furan rings is 1. The Kier molecular flexibility index (Phi) is 4.97. The van der Waals surface area contributed by atoms with Crippen LogP contribution in [0.5, 0.6) is 0 Å². The third kappa shape index (κ3) is 3.94. The van der Waals surface area contributed by atoms with Crippen molar-refractivity contribution in [3.63, 3.8) is 0 Å². The molecule has 0 saturated carbocycles. The number of nitrogens with zero attached hydrogens (tertiary/aromatic N) is 1. The van der Waals surface area contributed by atoms with E-state index in [0.29, 0.717) is 0 Å². The number of carbonyl (C=O) groups is 1. The number of fused-ring (bicyclic) bond motifs is 1. The van der Waals surface area contributed by atoms with Gasteiger partial charge in [0, 0.05) is 33.2 Å². The Morgan fingerprint density at radius 3 is 2.52 bits per heavy atom. The van der Waals surface area contributed by atoms with Gasteiger partial charge in [-0.1, -0.05) is 23.9 Å². The lowest BCUT2D eigenvalue weighted by Crippen LogP contribution is -2.07. The minimum absolute atomic E-state index is 0.154. The molecule has 0 bridgehead atoms. The van der Waals surface area contributed by atoms with E-state index in [1.807, 2.05) is 30.5 Å². The van der Waals surface area contributed by atoms with Crippen LogP contribution < -0.4 is 0 Å². The van der Waals surface area contributed by atoms with E-state index in [4.69, 9.17) is 4.42 Å². The minimum atomic E-state index is -3.26. The fourth-order valence-electron chi connectivity index (χ4n) is 3.21. The van der Waals surface area contributed by atoms with Crippen molar-refractivity contribution in [1.29, 1.82) is 0 Å². The summed E-state index contributed by atoms with van der Waals surface area (Å²) in [6, 6.07) is 14.3. The molecule has 0 aliphatic carbocycles. The smallest absolute Gasteiger partial charge is 0.323 e. The molecular weight excluding hydrogens is 410 g/mol. The monoisotopic (exact) mass is 427 g/mol. The fourth-order valence-corrected chi connectivity index (χ4v) is 4.86. The van der Waals surface area contributed by atoms with Crippen molar-refractivity contribution in [3.8, 4) is 11.1 Å². The Morgan fingerprint density at radius 2 is 1.90 bits per heavy atom. The van der Waals surface area contributed by atoms with E-state index >= 15 is 0 Å². The number of carboxylic acids is 1. The van der Waals surface area contributed by atoms with Gasteiger partial charge in [-0.2, -0.15) is 0 Å². The molecule has 0 amide bonds. The first-order chi connectivity index (χ1) is 13.8. The van der Waals surface area contributed by atoms with Crippen molar-refractivity contribution in [2.24, 2.45) is 0 Å². The third-order valence-electron chi connectivity index (χ3n) is 4.49. The second-order valence-electron chi connectivity index (χ2n) is 6.57. The largest absolute Gasteiger partial charge is 0.480 e. The highest BCUT2D eigenvalue weighted by molar-refractivity contribution is 7.99. The van der Waals surface area contributed by atoms with Crippen LogP contribution in [0.1, 0.15) is 0 Å². The van der Waals surface area contributed by atoms with E-state index in [2.05, 4.69) is 0 Å². The lowest BCUT2D eigenvalue weighted by molar-refractivity contribution is -0.137. The van der Waals surface area contributed by atoms with E-state index in [0.717, 1.165) is 31.8 Å². The van der Waals surface area contributed by atoms with E-state index in [1.54, 1.807) is 41.4 Å². The first kappa shape index (κ1) is 19.4. The van der Waals surface area contributed by atoms with Gasteiger partial charge in [-0.3, -0.25) is 4.79 Å². The second-order valence-corrected chi connectivity index (χ2v) is 9.70. The second kappa shape index (κ2) is 7.46. The van der Waals surface area contributed by atoms with Gasteiger partial charge in [0.15, 0.2) is 9.84 Å². The summed E-state index contributed by atoms with van der Waals surface area (Å²) in [4.78, 5) is 13.3. The Morgan fingerprint density at radius 1 is 1.14 bits per heavy atom. The van der Waals surface area contributed by atoms with Crippen LogP contribution >= 0.6 is 11.8 Å². The highest BCUT2D eigenvalue weighted by atomic mass is 32.2. The highest BCUT2D eigenvalue weighted by Gasteiger charge is 2.17. The Labute approximate surface area is 171 Å². The van der Waals surface area contributed by atoms with Crippen LogP contribution in [0.15, 0.2) is 86.4 Å². The molecule has 4 aromatic rings. The zero-order chi connectivity index (χ0) is 20.6. The molecule has 1 N–H and O–H groups in total. The summed E-state index contributed by atoms with van der Waals surface area (Å²) < 4.78 is 30.3. The lowest BCUT2D eigenvalue weighted by atomic mass is 10.0. The molecule has 0 radical (unpaired) electrons. The summed E-state index contributed by atoms with van der Waals surface area (Å²) in [6.45, 7) is -0.154. The van der Waals surface area contributed by atoms with Gasteiger partial charge in [0.2, 0.25) is 0 Å². The van der Waals surface area contributed by atoms with Crippen molar-refractivity contribution in [2.45, 2.75) is 21.2 Å². The van der Waals surface area contributed by atoms with Gasteiger partial charge < -0.3 is 14.1 Å². The summed E-state index contributed by atoms with van der Waals surface area (Å²) >= 11 is 1.46. The predicted octanol–water partition coefficient (Wildman–Crippen LogP) is 4.54. The first-order valence-electron chi connectivity index (χ1n) is 8.67. The zero-order valence-corrected chi connectivity index (χ0v) is 17.0. The van der Waals surface area contributed by atoms with Crippen molar-refractivity contribution in [1.82, 2.24) is 4.57 Å². The first-order valence-corrected chi connectivity index (χ1v) is 11.4. The molecule has 0 fully saturated rings. The van der Waals surface area contributed by atoms with Crippen LogP contribution in [0.2, 0.25) is 0 Å². The SMILES string of the molecule is CS(=O)(=O)c1ccc(Sc2cn(CC(=O)O)c3cccc(-c4ccoc4)c23)cc1. The van der Waals surface area contributed by atoms with Gasteiger partial charge in [-0.25, -0.2) is 8.42 Å². The number of benzene rings is 2. The van der Waals surface area contributed by atoms with Crippen molar-refractivity contribution in [3.05, 3.63) is 67.3 Å². The van der Waals surface area contributed by atoms with Gasteiger partial charge in [-0.15, -0.1) is 0 Å². The van der Waals surface area contributed by atoms with E-state index in [1.165, 1.54) is 18.0 Å². The molecule has 0 aliphatic rings. The highest BCUT2D eigenvalue weighted by Crippen LogP contribution is 2.40. The molecule has 0 atom stereocenters. The van der Waals surface area contributed by atoms with Crippen molar-refractivity contribution >= 4 is 38.5 Å². The number of aromatic nitrogens is 1. The standard InChI is InChI=1S/C21H17NO5S2/c1-29(25,26)16-7-5-15(6-8-16)28-19-11-22(12-20(23)24)18-4-2-3-17(21(18)19)14-9-10-27-13-14/h2-11,13H,12H2,1H3,(H,23,24). The topological polar surface area (TPSA) is 89.5 Å². The summed E-state index contributed by atoms with van der Waals surface area (Å²) in [7, 11) is -3.26. The molecule has 0 saturated heterocycles. The Balaban J connectivity index is 1.83. The Hall–Kier alpha value is -2.97. The van der Waals surface area contributed by atoms with Crippen molar-refractivity contribution in [2.75, 3.05) is 6.26 Å². The van der Waals surface area contributed by atoms with Crippen LogP contribution in [0.3, 0.4) is 0 Å². The predicted molar refractivity (Wildman–Crippen MR) is 111 cm³/mol. The van der Waals surface area contributed by atoms with Gasteiger partial charge in [0.25, 0.3) is 0 Å². The van der Waals surface area contributed by atoms with E-state index in [-0.39, 0.29) is 11.4 Å². The molecule has 6 nitrogen and oxygen atoms in total. The summed E-state index contributed by atoms with van der Waals surface area (Å²) in [5.41, 5.74) is 2.65. The van der Waals surface area contributed by atoms with Gasteiger partial charge in [0.05, 0.1) is 22.9 Å².